The molecule has 0 aromatic carbocycles. The van der Waals surface area contributed by atoms with E-state index in [1.54, 1.807) is 14.0 Å². The summed E-state index contributed by atoms with van der Waals surface area (Å²) in [5.74, 6) is -1.62. The number of esters is 2. The first-order valence-corrected chi connectivity index (χ1v) is 23.2. The van der Waals surface area contributed by atoms with Crippen LogP contribution in [0.2, 0.25) is 0 Å². The summed E-state index contributed by atoms with van der Waals surface area (Å²) >= 11 is 0. The summed E-state index contributed by atoms with van der Waals surface area (Å²) in [6.07, 6.45) is -7.77. The monoisotopic (exact) mass is 897 g/mol. The average molecular weight is 897 g/mol. The fourth-order valence-electron chi connectivity index (χ4n) is 14.6. The molecule has 7 N–H and O–H groups in total. The highest BCUT2D eigenvalue weighted by Crippen LogP contribution is 2.76. The van der Waals surface area contributed by atoms with Crippen LogP contribution in [0.4, 0.5) is 0 Å². The Labute approximate surface area is 371 Å². The normalized spacial score (nSPS) is 51.7. The first-order chi connectivity index (χ1) is 29.4. The quantitative estimate of drug-likeness (QED) is 0.0948. The van der Waals surface area contributed by atoms with Gasteiger partial charge in [-0.05, 0) is 91.8 Å². The maximum atomic E-state index is 12.2. The zero-order valence-electron chi connectivity index (χ0n) is 38.9. The predicted octanol–water partition coefficient (Wildman–Crippen LogP) is 2.53. The first kappa shape index (κ1) is 49.1. The molecule has 0 radical (unpaired) electrons. The second-order valence-corrected chi connectivity index (χ2v) is 22.2. The SMILES string of the molecule is CO[C@@H]1C=C2[C@H]3CC(C)(C)CC[C@]3(CO)[C@H](O)C[C@@]2(C)[C@]2(C)CC[C@H]3[C@](C)(CO)[C@@H](O[C@@H]4O[C@H](C)[C@H](O)[C@H](O[C@@H]5O[C@H](CO)[C@@H](OC(C)=O)[C@H](OC(C)=O)[C@H]5O)[C@H]4O)CC[C@]3(C)[C@@H]12. The molecule has 7 aliphatic rings. The van der Waals surface area contributed by atoms with Crippen LogP contribution in [-0.4, -0.2) is 154 Å². The molecule has 360 valence electrons. The number of allylic oxidation sites excluding steroid dienone is 1. The smallest absolute Gasteiger partial charge is 0.303 e. The van der Waals surface area contributed by atoms with Gasteiger partial charge in [0.1, 0.15) is 30.5 Å². The molecule has 21 atom stereocenters. The molecule has 4 saturated carbocycles. The number of rotatable bonds is 10. The molecule has 5 aliphatic carbocycles. The summed E-state index contributed by atoms with van der Waals surface area (Å²) in [6, 6.07) is 0. The van der Waals surface area contributed by atoms with Gasteiger partial charge >= 0.3 is 11.9 Å². The molecule has 63 heavy (non-hydrogen) atoms. The Morgan fingerprint density at radius 3 is 2.00 bits per heavy atom. The summed E-state index contributed by atoms with van der Waals surface area (Å²) in [6.45, 7) is 16.4. The number of carbonyl (C=O) groups is 2. The van der Waals surface area contributed by atoms with Crippen LogP contribution in [0, 0.1) is 50.2 Å². The summed E-state index contributed by atoms with van der Waals surface area (Å²) in [4.78, 5) is 24.0. The van der Waals surface area contributed by atoms with Crippen molar-refractivity contribution in [1.29, 1.82) is 0 Å². The van der Waals surface area contributed by atoms with Crippen molar-refractivity contribution in [3.05, 3.63) is 11.6 Å². The Morgan fingerprint density at radius 1 is 0.762 bits per heavy atom. The lowest BCUT2D eigenvalue weighted by Gasteiger charge is -2.73. The lowest BCUT2D eigenvalue weighted by molar-refractivity contribution is -0.368. The van der Waals surface area contributed by atoms with E-state index in [1.165, 1.54) is 5.57 Å². The molecule has 0 bridgehead atoms. The minimum Gasteiger partial charge on any atom is -0.456 e. The van der Waals surface area contributed by atoms with Gasteiger partial charge in [0.25, 0.3) is 0 Å². The largest absolute Gasteiger partial charge is 0.456 e. The molecule has 16 heteroatoms. The number of ether oxygens (including phenoxy) is 7. The van der Waals surface area contributed by atoms with Crippen LogP contribution in [0.25, 0.3) is 0 Å². The van der Waals surface area contributed by atoms with Gasteiger partial charge in [0.05, 0.1) is 44.2 Å². The third kappa shape index (κ3) is 7.75. The second kappa shape index (κ2) is 17.4. The fraction of sp³-hybridized carbons (Fsp3) is 0.915. The van der Waals surface area contributed by atoms with Gasteiger partial charge in [-0.25, -0.2) is 0 Å². The van der Waals surface area contributed by atoms with E-state index in [-0.39, 0.29) is 58.7 Å². The van der Waals surface area contributed by atoms with E-state index >= 15 is 0 Å². The van der Waals surface area contributed by atoms with Crippen molar-refractivity contribution in [2.45, 2.75) is 193 Å². The molecule has 2 heterocycles. The molecule has 7 rings (SSSR count). The molecular weight excluding hydrogens is 821 g/mol. The molecule has 6 fully saturated rings. The molecule has 16 nitrogen and oxygen atoms in total. The van der Waals surface area contributed by atoms with Crippen molar-refractivity contribution in [3.63, 3.8) is 0 Å². The lowest BCUT2D eigenvalue weighted by Crippen LogP contribution is -2.70. The van der Waals surface area contributed by atoms with E-state index in [1.807, 2.05) is 6.92 Å². The van der Waals surface area contributed by atoms with Gasteiger partial charge in [-0.2, -0.15) is 0 Å². The predicted molar refractivity (Wildman–Crippen MR) is 224 cm³/mol. The summed E-state index contributed by atoms with van der Waals surface area (Å²) < 4.78 is 41.8. The van der Waals surface area contributed by atoms with Crippen LogP contribution in [0.5, 0.6) is 0 Å². The third-order valence-electron chi connectivity index (χ3n) is 18.2. The molecule has 0 spiro atoms. The summed E-state index contributed by atoms with van der Waals surface area (Å²) in [7, 11) is 1.77. The maximum Gasteiger partial charge on any atom is 0.303 e. The van der Waals surface area contributed by atoms with Crippen LogP contribution in [0.1, 0.15) is 114 Å². The second-order valence-electron chi connectivity index (χ2n) is 22.2. The molecule has 0 unspecified atom stereocenters. The van der Waals surface area contributed by atoms with E-state index in [0.29, 0.717) is 19.3 Å². The Kier molecular flexibility index (Phi) is 13.5. The van der Waals surface area contributed by atoms with Gasteiger partial charge < -0.3 is 68.9 Å². The van der Waals surface area contributed by atoms with Crippen LogP contribution in [0.15, 0.2) is 11.6 Å². The number of carbonyl (C=O) groups excluding carboxylic acids is 2. The maximum absolute atomic E-state index is 12.2. The van der Waals surface area contributed by atoms with Crippen molar-refractivity contribution in [3.8, 4) is 0 Å². The molecular formula is C47H76O16. The van der Waals surface area contributed by atoms with Crippen LogP contribution in [-0.2, 0) is 42.7 Å². The van der Waals surface area contributed by atoms with Crippen LogP contribution >= 0.6 is 0 Å². The van der Waals surface area contributed by atoms with Crippen molar-refractivity contribution in [2.75, 3.05) is 26.9 Å². The zero-order chi connectivity index (χ0) is 46.4. The highest BCUT2D eigenvalue weighted by atomic mass is 16.7. The first-order valence-electron chi connectivity index (χ1n) is 23.2. The highest BCUT2D eigenvalue weighted by molar-refractivity contribution is 5.67. The summed E-state index contributed by atoms with van der Waals surface area (Å²) in [5, 5.41) is 79.3. The Balaban J connectivity index is 1.15. The molecule has 0 aromatic rings. The Hall–Kier alpha value is -1.80. The van der Waals surface area contributed by atoms with Crippen LogP contribution in [0.3, 0.4) is 0 Å². The van der Waals surface area contributed by atoms with Crippen molar-refractivity contribution in [1.82, 2.24) is 0 Å². The number of hydrogen-bond acceptors (Lipinski definition) is 16. The van der Waals surface area contributed by atoms with Gasteiger partial charge in [-0.15, -0.1) is 0 Å². The number of fused-ring (bicyclic) bond motifs is 7. The van der Waals surface area contributed by atoms with E-state index in [2.05, 4.69) is 40.7 Å². The van der Waals surface area contributed by atoms with E-state index < -0.39 is 103 Å². The van der Waals surface area contributed by atoms with E-state index in [9.17, 15) is 45.3 Å². The number of aliphatic hydroxyl groups is 7. The van der Waals surface area contributed by atoms with E-state index in [4.69, 9.17) is 33.2 Å². The number of methoxy groups -OCH3 is 1. The average Bonchev–Trinajstić information content (AvgIpc) is 3.21. The Morgan fingerprint density at radius 2 is 1.40 bits per heavy atom. The molecule has 0 aromatic heterocycles. The van der Waals surface area contributed by atoms with Gasteiger partial charge in [0, 0.05) is 37.7 Å². The highest BCUT2D eigenvalue weighted by Gasteiger charge is 2.72. The van der Waals surface area contributed by atoms with Gasteiger partial charge in [0.15, 0.2) is 24.8 Å². The standard InChI is InChI=1S/C47H76O16/c1-23-33(54)37(63-41-35(56)38(60-25(3)52)36(59-24(2)51)29(20-48)61-41)34(55)40(58-23)62-32-12-13-43(6)30(44(32,7)21-49)11-14-45(8)39(43)28(57-10)17-26-27-18-42(4,5)15-16-47(27,22-50)31(53)19-46(26,45)9/h17,23,27-41,48-50,53-56H,11-16,18-22H2,1-10H3/t23-,27-,28-,29-,30-,31-,32+,33+,34-,35-,36-,37+,38-,39-,40+,41+,43+,44+,45-,46-,47-/m1/s1. The van der Waals surface area contributed by atoms with Gasteiger partial charge in [-0.1, -0.05) is 53.2 Å². The lowest BCUT2D eigenvalue weighted by atomic mass is 9.32. The number of hydrogen-bond donors (Lipinski definition) is 7. The molecule has 0 amide bonds. The Bertz CT molecular complexity index is 1720. The third-order valence-corrected chi connectivity index (χ3v) is 18.2. The topological polar surface area (TPSA) is 240 Å². The van der Waals surface area contributed by atoms with E-state index in [0.717, 1.165) is 46.0 Å². The van der Waals surface area contributed by atoms with Crippen LogP contribution < -0.4 is 0 Å². The van der Waals surface area contributed by atoms with Crippen molar-refractivity contribution in [2.24, 2.45) is 50.2 Å². The zero-order valence-corrected chi connectivity index (χ0v) is 38.9. The van der Waals surface area contributed by atoms with Gasteiger partial charge in [0.2, 0.25) is 0 Å². The van der Waals surface area contributed by atoms with Crippen molar-refractivity contribution >= 4 is 11.9 Å². The minimum absolute atomic E-state index is 0.00476. The fourth-order valence-corrected chi connectivity index (χ4v) is 14.6. The van der Waals surface area contributed by atoms with Gasteiger partial charge in [-0.3, -0.25) is 9.59 Å². The number of aliphatic hydroxyl groups excluding tert-OH is 7. The van der Waals surface area contributed by atoms with Crippen molar-refractivity contribution < 1.29 is 78.5 Å². The molecule has 2 saturated heterocycles. The summed E-state index contributed by atoms with van der Waals surface area (Å²) in [5.41, 5.74) is -1.10. The molecule has 2 aliphatic heterocycles. The minimum atomic E-state index is -1.77.